The Kier molecular flexibility index (Phi) is 5.47. The molecule has 3 heteroatoms. The molecule has 0 rings (SSSR count). The van der Waals surface area contributed by atoms with Gasteiger partial charge in [-0.2, -0.15) is 0 Å². The van der Waals surface area contributed by atoms with Crippen LogP contribution >= 0.6 is 0 Å². The van der Waals surface area contributed by atoms with Gasteiger partial charge in [-0.25, -0.2) is 4.79 Å². The van der Waals surface area contributed by atoms with Gasteiger partial charge in [0.2, 0.25) is 0 Å². The van der Waals surface area contributed by atoms with Crippen LogP contribution in [-0.4, -0.2) is 22.3 Å². The number of unbranched alkanes of at least 4 members (excludes halogenated alkanes) is 1. The molecule has 0 heterocycles. The van der Waals surface area contributed by atoms with Gasteiger partial charge < -0.3 is 10.2 Å². The fourth-order valence-electron chi connectivity index (χ4n) is 0.703. The van der Waals surface area contributed by atoms with Crippen LogP contribution in [0.15, 0.2) is 12.2 Å². The van der Waals surface area contributed by atoms with Crippen molar-refractivity contribution in [3.63, 3.8) is 0 Å². The van der Waals surface area contributed by atoms with Crippen LogP contribution in [-0.2, 0) is 4.79 Å². The van der Waals surface area contributed by atoms with Gasteiger partial charge in [-0.3, -0.25) is 0 Å². The SMILES string of the molecule is CCCCC(O)C=CC(=O)O. The third-order valence-electron chi connectivity index (χ3n) is 1.31. The van der Waals surface area contributed by atoms with E-state index in [1.807, 2.05) is 6.92 Å². The molecule has 0 spiro atoms. The second-order valence-electron chi connectivity index (χ2n) is 2.41. The number of aliphatic carboxylic acids is 1. The molecule has 0 aromatic rings. The lowest BCUT2D eigenvalue weighted by Gasteiger charge is -2.01. The summed E-state index contributed by atoms with van der Waals surface area (Å²) in [6, 6.07) is 0. The van der Waals surface area contributed by atoms with E-state index < -0.39 is 12.1 Å². The minimum atomic E-state index is -1.01. The predicted molar refractivity (Wildman–Crippen MR) is 42.3 cm³/mol. The van der Waals surface area contributed by atoms with E-state index in [0.29, 0.717) is 6.42 Å². The van der Waals surface area contributed by atoms with E-state index in [1.165, 1.54) is 6.08 Å². The summed E-state index contributed by atoms with van der Waals surface area (Å²) in [5.41, 5.74) is 0. The summed E-state index contributed by atoms with van der Waals surface area (Å²) in [6.45, 7) is 2.02. The molecule has 0 bridgehead atoms. The monoisotopic (exact) mass is 158 g/mol. The lowest BCUT2D eigenvalue weighted by molar-refractivity contribution is -0.131. The van der Waals surface area contributed by atoms with E-state index in [2.05, 4.69) is 0 Å². The van der Waals surface area contributed by atoms with E-state index in [4.69, 9.17) is 10.2 Å². The highest BCUT2D eigenvalue weighted by molar-refractivity contribution is 5.79. The van der Waals surface area contributed by atoms with Gasteiger partial charge in [0.05, 0.1) is 6.10 Å². The number of aliphatic hydroxyl groups is 1. The summed E-state index contributed by atoms with van der Waals surface area (Å²) in [7, 11) is 0. The summed E-state index contributed by atoms with van der Waals surface area (Å²) in [5, 5.41) is 17.3. The third kappa shape index (κ3) is 7.06. The smallest absolute Gasteiger partial charge is 0.328 e. The second kappa shape index (κ2) is 5.92. The van der Waals surface area contributed by atoms with Gasteiger partial charge in [-0.15, -0.1) is 0 Å². The molecule has 0 aliphatic carbocycles. The lowest BCUT2D eigenvalue weighted by atomic mass is 10.1. The van der Waals surface area contributed by atoms with Crippen molar-refractivity contribution < 1.29 is 15.0 Å². The highest BCUT2D eigenvalue weighted by Crippen LogP contribution is 2.00. The molecule has 0 amide bonds. The van der Waals surface area contributed by atoms with Crippen LogP contribution in [0.3, 0.4) is 0 Å². The maximum Gasteiger partial charge on any atom is 0.328 e. The van der Waals surface area contributed by atoms with Crippen molar-refractivity contribution >= 4 is 5.97 Å². The standard InChI is InChI=1S/C8H14O3/c1-2-3-4-7(9)5-6-8(10)11/h5-7,9H,2-4H2,1H3,(H,10,11). The third-order valence-corrected chi connectivity index (χ3v) is 1.31. The maximum atomic E-state index is 9.98. The summed E-state index contributed by atoms with van der Waals surface area (Å²) in [4.78, 5) is 9.98. The van der Waals surface area contributed by atoms with Gasteiger partial charge in [-0.05, 0) is 12.5 Å². The Morgan fingerprint density at radius 3 is 2.73 bits per heavy atom. The Bertz CT molecular complexity index is 140. The molecule has 64 valence electrons. The molecule has 2 N–H and O–H groups in total. The fraction of sp³-hybridized carbons (Fsp3) is 0.625. The zero-order chi connectivity index (χ0) is 8.69. The van der Waals surface area contributed by atoms with Crippen LogP contribution < -0.4 is 0 Å². The molecule has 0 radical (unpaired) electrons. The topological polar surface area (TPSA) is 57.5 Å². The van der Waals surface area contributed by atoms with Gasteiger partial charge in [0.1, 0.15) is 0 Å². The number of carbonyl (C=O) groups is 1. The molecular weight excluding hydrogens is 144 g/mol. The summed E-state index contributed by atoms with van der Waals surface area (Å²) >= 11 is 0. The quantitative estimate of drug-likeness (QED) is 0.590. The van der Waals surface area contributed by atoms with Crippen molar-refractivity contribution in [3.8, 4) is 0 Å². The summed E-state index contributed by atoms with van der Waals surface area (Å²) < 4.78 is 0. The molecule has 0 aromatic heterocycles. The van der Waals surface area contributed by atoms with Crippen molar-refractivity contribution in [2.75, 3.05) is 0 Å². The normalized spacial score (nSPS) is 13.6. The van der Waals surface area contributed by atoms with Crippen molar-refractivity contribution in [3.05, 3.63) is 12.2 Å². The summed E-state index contributed by atoms with van der Waals surface area (Å²) in [5.74, 6) is -1.01. The van der Waals surface area contributed by atoms with Crippen LogP contribution in [0.4, 0.5) is 0 Å². The number of hydrogen-bond acceptors (Lipinski definition) is 2. The lowest BCUT2D eigenvalue weighted by Crippen LogP contribution is -2.02. The average molecular weight is 158 g/mol. The van der Waals surface area contributed by atoms with Crippen molar-refractivity contribution in [2.45, 2.75) is 32.3 Å². The fourth-order valence-corrected chi connectivity index (χ4v) is 0.703. The van der Waals surface area contributed by atoms with Gasteiger partial charge in [0, 0.05) is 6.08 Å². The zero-order valence-corrected chi connectivity index (χ0v) is 6.66. The zero-order valence-electron chi connectivity index (χ0n) is 6.66. The van der Waals surface area contributed by atoms with Gasteiger partial charge >= 0.3 is 5.97 Å². The highest BCUT2D eigenvalue weighted by Gasteiger charge is 1.97. The minimum absolute atomic E-state index is 0.606. The number of carboxylic acid groups (broad SMARTS) is 1. The Hall–Kier alpha value is -0.830. The second-order valence-corrected chi connectivity index (χ2v) is 2.41. The predicted octanol–water partition coefficient (Wildman–Crippen LogP) is 1.18. The molecule has 0 aromatic carbocycles. The first kappa shape index (κ1) is 10.2. The largest absolute Gasteiger partial charge is 0.478 e. The van der Waals surface area contributed by atoms with E-state index >= 15 is 0 Å². The highest BCUT2D eigenvalue weighted by atomic mass is 16.4. The number of aliphatic hydroxyl groups excluding tert-OH is 1. The first-order valence-corrected chi connectivity index (χ1v) is 3.76. The number of hydrogen-bond donors (Lipinski definition) is 2. The molecule has 0 aliphatic rings. The molecule has 1 atom stereocenters. The number of rotatable bonds is 5. The Morgan fingerprint density at radius 2 is 2.27 bits per heavy atom. The molecule has 3 nitrogen and oxygen atoms in total. The molecule has 11 heavy (non-hydrogen) atoms. The van der Waals surface area contributed by atoms with E-state index in [1.54, 1.807) is 0 Å². The van der Waals surface area contributed by atoms with Crippen LogP contribution in [0.5, 0.6) is 0 Å². The van der Waals surface area contributed by atoms with Gasteiger partial charge in [-0.1, -0.05) is 19.8 Å². The first-order chi connectivity index (χ1) is 5.16. The Labute approximate surface area is 66.4 Å². The van der Waals surface area contributed by atoms with Crippen molar-refractivity contribution in [2.24, 2.45) is 0 Å². The van der Waals surface area contributed by atoms with Crippen molar-refractivity contribution in [1.29, 1.82) is 0 Å². The van der Waals surface area contributed by atoms with Crippen LogP contribution in [0, 0.1) is 0 Å². The Balaban J connectivity index is 3.50. The number of carboxylic acids is 1. The molecular formula is C8H14O3. The Morgan fingerprint density at radius 1 is 1.64 bits per heavy atom. The van der Waals surface area contributed by atoms with Crippen LogP contribution in [0.1, 0.15) is 26.2 Å². The first-order valence-electron chi connectivity index (χ1n) is 3.76. The van der Waals surface area contributed by atoms with Crippen LogP contribution in [0.2, 0.25) is 0 Å². The molecule has 0 saturated carbocycles. The molecule has 0 saturated heterocycles. The minimum Gasteiger partial charge on any atom is -0.478 e. The summed E-state index contributed by atoms with van der Waals surface area (Å²) in [6.07, 6.45) is 4.24. The van der Waals surface area contributed by atoms with Crippen molar-refractivity contribution in [1.82, 2.24) is 0 Å². The van der Waals surface area contributed by atoms with E-state index in [9.17, 15) is 4.79 Å². The van der Waals surface area contributed by atoms with E-state index in [-0.39, 0.29) is 0 Å². The molecule has 0 fully saturated rings. The van der Waals surface area contributed by atoms with Gasteiger partial charge in [0.15, 0.2) is 0 Å². The van der Waals surface area contributed by atoms with Crippen LogP contribution in [0.25, 0.3) is 0 Å². The molecule has 0 aliphatic heterocycles. The average Bonchev–Trinajstić information content (AvgIpc) is 1.97. The maximum absolute atomic E-state index is 9.98. The van der Waals surface area contributed by atoms with E-state index in [0.717, 1.165) is 18.9 Å². The molecule has 1 unspecified atom stereocenters. The van der Waals surface area contributed by atoms with Gasteiger partial charge in [0.25, 0.3) is 0 Å².